The van der Waals surface area contributed by atoms with Gasteiger partial charge in [-0.2, -0.15) is 0 Å². The van der Waals surface area contributed by atoms with Gasteiger partial charge in [0.15, 0.2) is 0 Å². The molecule has 6 nitrogen and oxygen atoms in total. The molecule has 1 atom stereocenters. The number of amides is 2. The van der Waals surface area contributed by atoms with Gasteiger partial charge in [0.2, 0.25) is 0 Å². The second-order valence-electron chi connectivity index (χ2n) is 5.80. The third-order valence-electron chi connectivity index (χ3n) is 4.00. The van der Waals surface area contributed by atoms with Crippen LogP contribution in [0.4, 0.5) is 16.3 Å². The molecular formula is C17H21N5O. The standard InChI is InChI=1S/C17H21N5O/c1-13-5-3-7-16(19-13)21-9-10-22(14(2)12-21)17(23)20-15-6-4-8-18-11-15/h3-8,11,14H,9-10,12H2,1-2H3,(H,20,23). The summed E-state index contributed by atoms with van der Waals surface area (Å²) < 4.78 is 0. The lowest BCUT2D eigenvalue weighted by Crippen LogP contribution is -2.55. The maximum absolute atomic E-state index is 12.4. The Morgan fingerprint density at radius 1 is 1.26 bits per heavy atom. The summed E-state index contributed by atoms with van der Waals surface area (Å²) >= 11 is 0. The number of piperazine rings is 1. The molecule has 0 aliphatic carbocycles. The van der Waals surface area contributed by atoms with E-state index in [9.17, 15) is 4.79 Å². The van der Waals surface area contributed by atoms with Gasteiger partial charge in [0.25, 0.3) is 0 Å². The van der Waals surface area contributed by atoms with Crippen molar-refractivity contribution >= 4 is 17.5 Å². The highest BCUT2D eigenvalue weighted by atomic mass is 16.2. The van der Waals surface area contributed by atoms with E-state index in [-0.39, 0.29) is 12.1 Å². The van der Waals surface area contributed by atoms with Gasteiger partial charge in [0.05, 0.1) is 11.9 Å². The van der Waals surface area contributed by atoms with E-state index in [1.165, 1.54) is 0 Å². The van der Waals surface area contributed by atoms with Crippen LogP contribution >= 0.6 is 0 Å². The summed E-state index contributed by atoms with van der Waals surface area (Å²) in [7, 11) is 0. The van der Waals surface area contributed by atoms with Crippen LogP contribution in [-0.4, -0.2) is 46.6 Å². The van der Waals surface area contributed by atoms with Crippen molar-refractivity contribution in [2.45, 2.75) is 19.9 Å². The van der Waals surface area contributed by atoms with Crippen molar-refractivity contribution in [2.75, 3.05) is 29.9 Å². The zero-order valence-corrected chi connectivity index (χ0v) is 13.4. The van der Waals surface area contributed by atoms with Crippen molar-refractivity contribution in [3.8, 4) is 0 Å². The van der Waals surface area contributed by atoms with Crippen LogP contribution in [0.3, 0.4) is 0 Å². The van der Waals surface area contributed by atoms with Gasteiger partial charge in [-0.05, 0) is 38.1 Å². The fourth-order valence-electron chi connectivity index (χ4n) is 2.80. The molecule has 23 heavy (non-hydrogen) atoms. The van der Waals surface area contributed by atoms with Crippen molar-refractivity contribution in [3.63, 3.8) is 0 Å². The second kappa shape index (κ2) is 6.64. The molecule has 2 aromatic heterocycles. The van der Waals surface area contributed by atoms with E-state index in [0.29, 0.717) is 12.2 Å². The molecule has 1 aliphatic rings. The lowest BCUT2D eigenvalue weighted by molar-refractivity contribution is 0.184. The van der Waals surface area contributed by atoms with Crippen LogP contribution in [0.1, 0.15) is 12.6 Å². The molecule has 6 heteroatoms. The summed E-state index contributed by atoms with van der Waals surface area (Å²) in [6, 6.07) is 9.70. The number of hydrogen-bond acceptors (Lipinski definition) is 4. The monoisotopic (exact) mass is 311 g/mol. The van der Waals surface area contributed by atoms with E-state index in [4.69, 9.17) is 0 Å². The van der Waals surface area contributed by atoms with Gasteiger partial charge < -0.3 is 15.1 Å². The van der Waals surface area contributed by atoms with Gasteiger partial charge in [-0.25, -0.2) is 9.78 Å². The summed E-state index contributed by atoms with van der Waals surface area (Å²) in [6.07, 6.45) is 3.33. The molecule has 2 aromatic rings. The number of anilines is 2. The topological polar surface area (TPSA) is 61.4 Å². The fraction of sp³-hybridized carbons (Fsp3) is 0.353. The summed E-state index contributed by atoms with van der Waals surface area (Å²) in [5.74, 6) is 0.976. The minimum atomic E-state index is -0.0812. The van der Waals surface area contributed by atoms with E-state index in [2.05, 4.69) is 27.1 Å². The first-order valence-corrected chi connectivity index (χ1v) is 7.80. The molecule has 2 amide bonds. The highest BCUT2D eigenvalue weighted by molar-refractivity contribution is 5.89. The van der Waals surface area contributed by atoms with Gasteiger partial charge in [-0.1, -0.05) is 6.07 Å². The lowest BCUT2D eigenvalue weighted by Gasteiger charge is -2.40. The third-order valence-corrected chi connectivity index (χ3v) is 4.00. The van der Waals surface area contributed by atoms with Crippen LogP contribution in [-0.2, 0) is 0 Å². The maximum atomic E-state index is 12.4. The van der Waals surface area contributed by atoms with Crippen LogP contribution in [0, 0.1) is 6.92 Å². The van der Waals surface area contributed by atoms with Gasteiger partial charge in [0, 0.05) is 37.6 Å². The summed E-state index contributed by atoms with van der Waals surface area (Å²) in [6.45, 7) is 6.27. The number of pyridine rings is 2. The maximum Gasteiger partial charge on any atom is 0.322 e. The molecule has 1 fully saturated rings. The quantitative estimate of drug-likeness (QED) is 0.926. The van der Waals surface area contributed by atoms with Crippen LogP contribution in [0.25, 0.3) is 0 Å². The van der Waals surface area contributed by atoms with Crippen LogP contribution in [0.5, 0.6) is 0 Å². The molecular weight excluding hydrogens is 290 g/mol. The Bertz CT molecular complexity index is 676. The molecule has 1 aliphatic heterocycles. The summed E-state index contributed by atoms with van der Waals surface area (Å²) in [5.41, 5.74) is 1.72. The molecule has 0 bridgehead atoms. The largest absolute Gasteiger partial charge is 0.353 e. The Labute approximate surface area is 136 Å². The average molecular weight is 311 g/mol. The third kappa shape index (κ3) is 3.59. The van der Waals surface area contributed by atoms with Crippen molar-refractivity contribution in [3.05, 3.63) is 48.4 Å². The second-order valence-corrected chi connectivity index (χ2v) is 5.80. The molecule has 1 unspecified atom stereocenters. The number of carbonyl (C=O) groups is 1. The molecule has 3 rings (SSSR count). The number of nitrogens with one attached hydrogen (secondary N) is 1. The fourth-order valence-corrected chi connectivity index (χ4v) is 2.80. The van der Waals surface area contributed by atoms with Crippen LogP contribution < -0.4 is 10.2 Å². The normalized spacial score (nSPS) is 17.9. The number of nitrogens with zero attached hydrogens (tertiary/aromatic N) is 4. The van der Waals surface area contributed by atoms with Crippen molar-refractivity contribution in [2.24, 2.45) is 0 Å². The summed E-state index contributed by atoms with van der Waals surface area (Å²) in [5, 5.41) is 2.90. The SMILES string of the molecule is Cc1cccc(N2CCN(C(=O)Nc3cccnc3)C(C)C2)n1. The highest BCUT2D eigenvalue weighted by Crippen LogP contribution is 2.18. The lowest BCUT2D eigenvalue weighted by atomic mass is 10.2. The van der Waals surface area contributed by atoms with E-state index in [1.807, 2.05) is 36.1 Å². The zero-order chi connectivity index (χ0) is 16.2. The number of carbonyl (C=O) groups excluding carboxylic acids is 1. The minimum Gasteiger partial charge on any atom is -0.353 e. The molecule has 1 N–H and O–H groups in total. The number of rotatable bonds is 2. The predicted molar refractivity (Wildman–Crippen MR) is 90.6 cm³/mol. The summed E-state index contributed by atoms with van der Waals surface area (Å²) in [4.78, 5) is 25.1. The molecule has 0 radical (unpaired) electrons. The van der Waals surface area contributed by atoms with Crippen LogP contribution in [0.2, 0.25) is 0 Å². The number of aromatic nitrogens is 2. The van der Waals surface area contributed by atoms with E-state index < -0.39 is 0 Å². The molecule has 0 spiro atoms. The zero-order valence-electron chi connectivity index (χ0n) is 13.4. The number of urea groups is 1. The Morgan fingerprint density at radius 3 is 2.83 bits per heavy atom. The molecule has 0 aromatic carbocycles. The molecule has 1 saturated heterocycles. The molecule has 3 heterocycles. The average Bonchev–Trinajstić information content (AvgIpc) is 2.55. The van der Waals surface area contributed by atoms with E-state index in [1.54, 1.807) is 18.5 Å². The van der Waals surface area contributed by atoms with Gasteiger partial charge >= 0.3 is 6.03 Å². The molecule has 0 saturated carbocycles. The van der Waals surface area contributed by atoms with E-state index in [0.717, 1.165) is 24.6 Å². The van der Waals surface area contributed by atoms with Crippen molar-refractivity contribution in [1.29, 1.82) is 0 Å². The van der Waals surface area contributed by atoms with E-state index >= 15 is 0 Å². The smallest absolute Gasteiger partial charge is 0.322 e. The first-order valence-electron chi connectivity index (χ1n) is 7.80. The number of hydrogen-bond donors (Lipinski definition) is 1. The van der Waals surface area contributed by atoms with Gasteiger partial charge in [-0.3, -0.25) is 4.98 Å². The van der Waals surface area contributed by atoms with Crippen molar-refractivity contribution < 1.29 is 4.79 Å². The Kier molecular flexibility index (Phi) is 4.41. The Balaban J connectivity index is 1.63. The molecule has 120 valence electrons. The van der Waals surface area contributed by atoms with Crippen molar-refractivity contribution in [1.82, 2.24) is 14.9 Å². The van der Waals surface area contributed by atoms with Gasteiger partial charge in [0.1, 0.15) is 5.82 Å². The van der Waals surface area contributed by atoms with Crippen LogP contribution in [0.15, 0.2) is 42.7 Å². The predicted octanol–water partition coefficient (Wildman–Crippen LogP) is 2.53. The Morgan fingerprint density at radius 2 is 2.13 bits per heavy atom. The first-order chi connectivity index (χ1) is 11.1. The van der Waals surface area contributed by atoms with Gasteiger partial charge in [-0.15, -0.1) is 0 Å². The number of aryl methyl sites for hydroxylation is 1. The Hall–Kier alpha value is -2.63. The minimum absolute atomic E-state index is 0.0812. The highest BCUT2D eigenvalue weighted by Gasteiger charge is 2.28. The first kappa shape index (κ1) is 15.3.